The Morgan fingerprint density at radius 3 is 2.52 bits per heavy atom. The number of urea groups is 1. The van der Waals surface area contributed by atoms with Gasteiger partial charge in [-0.25, -0.2) is 4.79 Å². The molecule has 1 aromatic rings. The van der Waals surface area contributed by atoms with E-state index < -0.39 is 24.5 Å². The quantitative estimate of drug-likeness (QED) is 0.569. The number of carbonyl (C=O) groups excluding carboxylic acids is 2. The van der Waals surface area contributed by atoms with Crippen LogP contribution < -0.4 is 16.0 Å². The predicted molar refractivity (Wildman–Crippen MR) is 76.9 cm³/mol. The molecule has 0 aliphatic heterocycles. The van der Waals surface area contributed by atoms with Crippen LogP contribution in [0.5, 0.6) is 0 Å². The van der Waals surface area contributed by atoms with Gasteiger partial charge < -0.3 is 21.1 Å². The van der Waals surface area contributed by atoms with E-state index in [2.05, 4.69) is 16.0 Å². The summed E-state index contributed by atoms with van der Waals surface area (Å²) in [5, 5.41) is 15.5. The van der Waals surface area contributed by atoms with Crippen molar-refractivity contribution in [1.29, 1.82) is 0 Å². The molecule has 0 aromatic heterocycles. The normalized spacial score (nSPS) is 9.76. The van der Waals surface area contributed by atoms with Crippen molar-refractivity contribution in [2.75, 3.05) is 19.6 Å². The van der Waals surface area contributed by atoms with Crippen LogP contribution in [0, 0.1) is 6.92 Å². The van der Waals surface area contributed by atoms with E-state index in [1.165, 1.54) is 0 Å². The molecule has 0 atom stereocenters. The minimum atomic E-state index is -1.13. The van der Waals surface area contributed by atoms with Gasteiger partial charge in [0, 0.05) is 6.54 Å². The highest BCUT2D eigenvalue weighted by molar-refractivity contribution is 5.86. The summed E-state index contributed by atoms with van der Waals surface area (Å²) in [7, 11) is 0. The highest BCUT2D eigenvalue weighted by atomic mass is 16.4. The van der Waals surface area contributed by atoms with Crippen LogP contribution in [0.1, 0.15) is 11.1 Å². The van der Waals surface area contributed by atoms with Gasteiger partial charge in [0.05, 0.1) is 6.54 Å². The van der Waals surface area contributed by atoms with Crippen LogP contribution in [0.15, 0.2) is 24.3 Å². The van der Waals surface area contributed by atoms with Crippen LogP contribution in [0.3, 0.4) is 0 Å². The summed E-state index contributed by atoms with van der Waals surface area (Å²) in [4.78, 5) is 32.8. The highest BCUT2D eigenvalue weighted by Crippen LogP contribution is 2.03. The fraction of sp³-hybridized carbons (Fsp3) is 0.357. The summed E-state index contributed by atoms with van der Waals surface area (Å²) in [5.41, 5.74) is 2.28. The maximum Gasteiger partial charge on any atom is 0.322 e. The zero-order valence-electron chi connectivity index (χ0n) is 11.8. The van der Waals surface area contributed by atoms with Crippen LogP contribution in [0.4, 0.5) is 4.79 Å². The van der Waals surface area contributed by atoms with Crippen molar-refractivity contribution in [1.82, 2.24) is 16.0 Å². The van der Waals surface area contributed by atoms with E-state index in [4.69, 9.17) is 5.11 Å². The Morgan fingerprint density at radius 2 is 1.86 bits per heavy atom. The second-order valence-electron chi connectivity index (χ2n) is 4.52. The van der Waals surface area contributed by atoms with Crippen molar-refractivity contribution in [2.24, 2.45) is 0 Å². The van der Waals surface area contributed by atoms with Crippen molar-refractivity contribution in [3.8, 4) is 0 Å². The molecule has 1 aromatic carbocycles. The monoisotopic (exact) mass is 293 g/mol. The number of benzene rings is 1. The van der Waals surface area contributed by atoms with E-state index in [1.807, 2.05) is 31.2 Å². The summed E-state index contributed by atoms with van der Waals surface area (Å²) >= 11 is 0. The van der Waals surface area contributed by atoms with Gasteiger partial charge >= 0.3 is 12.0 Å². The van der Waals surface area contributed by atoms with Gasteiger partial charge in [-0.3, -0.25) is 9.59 Å². The number of carboxylic acid groups (broad SMARTS) is 1. The number of carbonyl (C=O) groups is 3. The molecule has 0 aliphatic carbocycles. The zero-order chi connectivity index (χ0) is 15.7. The number of nitrogens with one attached hydrogen (secondary N) is 3. The predicted octanol–water partition coefficient (Wildman–Crippen LogP) is 0.0375. The molecule has 4 N–H and O–H groups in total. The molecule has 0 radical (unpaired) electrons. The van der Waals surface area contributed by atoms with Crippen LogP contribution >= 0.6 is 0 Å². The summed E-state index contributed by atoms with van der Waals surface area (Å²) in [6.45, 7) is 1.73. The first-order chi connectivity index (χ1) is 9.97. The maximum absolute atomic E-state index is 11.4. The lowest BCUT2D eigenvalue weighted by atomic mass is 10.1. The second kappa shape index (κ2) is 8.57. The van der Waals surface area contributed by atoms with Crippen LogP contribution in [-0.4, -0.2) is 42.6 Å². The molecule has 0 heterocycles. The van der Waals surface area contributed by atoms with Gasteiger partial charge in [-0.15, -0.1) is 0 Å². The molecule has 0 spiro atoms. The fourth-order valence-electron chi connectivity index (χ4n) is 1.65. The Bertz CT molecular complexity index is 517. The highest BCUT2D eigenvalue weighted by Gasteiger charge is 2.06. The van der Waals surface area contributed by atoms with E-state index in [0.29, 0.717) is 13.0 Å². The molecule has 114 valence electrons. The number of hydrogen-bond acceptors (Lipinski definition) is 3. The van der Waals surface area contributed by atoms with Gasteiger partial charge in [0.25, 0.3) is 0 Å². The average Bonchev–Trinajstić information content (AvgIpc) is 2.43. The smallest absolute Gasteiger partial charge is 0.322 e. The summed E-state index contributed by atoms with van der Waals surface area (Å²) in [6, 6.07) is 7.51. The molecular weight excluding hydrogens is 274 g/mol. The molecule has 0 saturated carbocycles. The molecule has 0 fully saturated rings. The van der Waals surface area contributed by atoms with Gasteiger partial charge in [0.15, 0.2) is 0 Å². The van der Waals surface area contributed by atoms with Crippen molar-refractivity contribution in [3.63, 3.8) is 0 Å². The van der Waals surface area contributed by atoms with E-state index in [0.717, 1.165) is 11.1 Å². The molecule has 7 heteroatoms. The topological polar surface area (TPSA) is 108 Å². The molecule has 0 aliphatic rings. The minimum absolute atomic E-state index is 0.260. The number of aryl methyl sites for hydroxylation is 1. The molecule has 0 unspecified atom stereocenters. The van der Waals surface area contributed by atoms with Crippen molar-refractivity contribution in [3.05, 3.63) is 35.4 Å². The molecule has 21 heavy (non-hydrogen) atoms. The third-order valence-corrected chi connectivity index (χ3v) is 2.63. The number of amides is 3. The van der Waals surface area contributed by atoms with Gasteiger partial charge in [0.1, 0.15) is 6.54 Å². The SMILES string of the molecule is Cc1cccc(CCNC(=O)NCC(=O)NCC(=O)O)c1. The van der Waals surface area contributed by atoms with Crippen LogP contribution in [0.2, 0.25) is 0 Å². The maximum atomic E-state index is 11.4. The first-order valence-electron chi connectivity index (χ1n) is 6.53. The first kappa shape index (κ1) is 16.5. The van der Waals surface area contributed by atoms with Crippen LogP contribution in [0.25, 0.3) is 0 Å². The van der Waals surface area contributed by atoms with Gasteiger partial charge in [-0.2, -0.15) is 0 Å². The molecular formula is C14H19N3O4. The van der Waals surface area contributed by atoms with Gasteiger partial charge in [-0.1, -0.05) is 29.8 Å². The summed E-state index contributed by atoms with van der Waals surface area (Å²) < 4.78 is 0. The van der Waals surface area contributed by atoms with Crippen LogP contribution in [-0.2, 0) is 16.0 Å². The Labute approximate surface area is 122 Å². The second-order valence-corrected chi connectivity index (χ2v) is 4.52. The van der Waals surface area contributed by atoms with E-state index >= 15 is 0 Å². The Hall–Kier alpha value is -2.57. The van der Waals surface area contributed by atoms with Gasteiger partial charge in [0.2, 0.25) is 5.91 Å². The lowest BCUT2D eigenvalue weighted by Gasteiger charge is -2.08. The number of aliphatic carboxylic acids is 1. The fourth-order valence-corrected chi connectivity index (χ4v) is 1.65. The molecule has 7 nitrogen and oxygen atoms in total. The first-order valence-corrected chi connectivity index (χ1v) is 6.53. The molecule has 0 saturated heterocycles. The van der Waals surface area contributed by atoms with E-state index in [1.54, 1.807) is 0 Å². The molecule has 3 amide bonds. The van der Waals surface area contributed by atoms with E-state index in [-0.39, 0.29) is 6.54 Å². The summed E-state index contributed by atoms with van der Waals surface area (Å²) in [6.07, 6.45) is 0.695. The van der Waals surface area contributed by atoms with E-state index in [9.17, 15) is 14.4 Å². The largest absolute Gasteiger partial charge is 0.480 e. The summed E-state index contributed by atoms with van der Waals surface area (Å²) in [5.74, 6) is -1.68. The van der Waals surface area contributed by atoms with Crippen molar-refractivity contribution in [2.45, 2.75) is 13.3 Å². The Kier molecular flexibility index (Phi) is 6.73. The van der Waals surface area contributed by atoms with Crippen molar-refractivity contribution < 1.29 is 19.5 Å². The Balaban J connectivity index is 2.16. The van der Waals surface area contributed by atoms with Gasteiger partial charge in [-0.05, 0) is 18.9 Å². The molecule has 0 bridgehead atoms. The minimum Gasteiger partial charge on any atom is -0.480 e. The lowest BCUT2D eigenvalue weighted by Crippen LogP contribution is -2.43. The lowest BCUT2D eigenvalue weighted by molar-refractivity contribution is -0.137. The Morgan fingerprint density at radius 1 is 1.10 bits per heavy atom. The third kappa shape index (κ3) is 7.56. The van der Waals surface area contributed by atoms with Crippen molar-refractivity contribution >= 4 is 17.9 Å². The number of rotatable bonds is 7. The standard InChI is InChI=1S/C14H19N3O4/c1-10-3-2-4-11(7-10)5-6-15-14(21)17-8-12(18)16-9-13(19)20/h2-4,7H,5-6,8-9H2,1H3,(H,16,18)(H,19,20)(H2,15,17,21). The average molecular weight is 293 g/mol. The third-order valence-electron chi connectivity index (χ3n) is 2.63. The molecule has 1 rings (SSSR count). The number of carboxylic acids is 1. The zero-order valence-corrected chi connectivity index (χ0v) is 11.8. The number of hydrogen-bond donors (Lipinski definition) is 4.